The van der Waals surface area contributed by atoms with Gasteiger partial charge in [-0.2, -0.15) is 0 Å². The Balaban J connectivity index is 2.45. The maximum absolute atomic E-state index is 9.84. The van der Waals surface area contributed by atoms with Gasteiger partial charge in [0.05, 0.1) is 4.92 Å². The molecule has 0 heterocycles. The molecule has 0 aliphatic heterocycles. The summed E-state index contributed by atoms with van der Waals surface area (Å²) in [6, 6.07) is 9.44. The topological polar surface area (TPSA) is 52.4 Å². The average molecular weight is 152 g/mol. The van der Waals surface area contributed by atoms with Crippen molar-refractivity contribution < 1.29 is 9.66 Å². The van der Waals surface area contributed by atoms with Crippen LogP contribution in [0.3, 0.4) is 0 Å². The number of benzene rings is 1. The molecule has 0 spiro atoms. The normalized spacial score (nSPS) is 9.09. The minimum absolute atomic E-state index is 0.393. The van der Waals surface area contributed by atoms with E-state index in [9.17, 15) is 10.1 Å². The van der Waals surface area contributed by atoms with Gasteiger partial charge in [0.15, 0.2) is 0 Å². The van der Waals surface area contributed by atoms with Gasteiger partial charge in [0.2, 0.25) is 0 Å². The quantitative estimate of drug-likeness (QED) is 0.370. The van der Waals surface area contributed by atoms with E-state index in [0.29, 0.717) is 5.75 Å². The van der Waals surface area contributed by atoms with Crippen LogP contribution in [0.25, 0.3) is 0 Å². The van der Waals surface area contributed by atoms with E-state index in [0.717, 1.165) is 0 Å². The van der Waals surface area contributed by atoms with Gasteiger partial charge in [0.25, 0.3) is 0 Å². The van der Waals surface area contributed by atoms with E-state index < -0.39 is 11.7 Å². The molecule has 1 aromatic rings. The summed E-state index contributed by atoms with van der Waals surface area (Å²) in [6.45, 7) is -0.513. The number of rotatable bonds is 3. The van der Waals surface area contributed by atoms with Gasteiger partial charge in [0, 0.05) is 6.07 Å². The van der Waals surface area contributed by atoms with Gasteiger partial charge in [-0.1, -0.05) is 18.2 Å². The lowest BCUT2D eigenvalue weighted by molar-refractivity contribution is -0.514. The molecule has 4 nitrogen and oxygen atoms in total. The second kappa shape index (κ2) is 3.55. The lowest BCUT2D eigenvalue weighted by atomic mass is 10.3. The first-order valence-electron chi connectivity index (χ1n) is 3.00. The second-order valence-corrected chi connectivity index (χ2v) is 1.83. The van der Waals surface area contributed by atoms with Gasteiger partial charge in [-0.3, -0.25) is 10.1 Å². The van der Waals surface area contributed by atoms with Crippen molar-refractivity contribution in [2.45, 2.75) is 0 Å². The summed E-state index contributed by atoms with van der Waals surface area (Å²) in [5.74, 6) is 0.393. The molecule has 0 bridgehead atoms. The minimum atomic E-state index is -0.541. The molecular weight excluding hydrogens is 146 g/mol. The number of ether oxygens (including phenoxy) is 1. The zero-order valence-corrected chi connectivity index (χ0v) is 5.69. The van der Waals surface area contributed by atoms with E-state index in [1.54, 1.807) is 24.3 Å². The van der Waals surface area contributed by atoms with Crippen LogP contribution in [0.2, 0.25) is 0 Å². The third kappa shape index (κ3) is 2.66. The SMILES string of the molecule is O=[N+]([O-])COc1[c]cccc1. The minimum Gasteiger partial charge on any atom is -0.431 e. The third-order valence-corrected chi connectivity index (χ3v) is 1.01. The van der Waals surface area contributed by atoms with Crippen LogP contribution in [-0.4, -0.2) is 11.7 Å². The van der Waals surface area contributed by atoms with Crippen molar-refractivity contribution >= 4 is 0 Å². The smallest absolute Gasteiger partial charge is 0.344 e. The summed E-state index contributed by atoms with van der Waals surface area (Å²) >= 11 is 0. The molecule has 0 unspecified atom stereocenters. The Labute approximate surface area is 63.6 Å². The standard InChI is InChI=1S/C7H6NO3/c9-8(10)6-11-7-4-2-1-3-5-7/h1-4H,6H2. The monoisotopic (exact) mass is 152 g/mol. The van der Waals surface area contributed by atoms with Gasteiger partial charge in [-0.25, -0.2) is 0 Å². The number of hydrogen-bond acceptors (Lipinski definition) is 3. The Hall–Kier alpha value is -1.58. The number of nitro groups is 1. The Bertz CT molecular complexity index is 235. The zero-order chi connectivity index (χ0) is 8.10. The molecular formula is C7H6NO3. The lowest BCUT2D eigenvalue weighted by Crippen LogP contribution is -2.07. The summed E-state index contributed by atoms with van der Waals surface area (Å²) in [7, 11) is 0. The van der Waals surface area contributed by atoms with Crippen molar-refractivity contribution in [1.82, 2.24) is 0 Å². The zero-order valence-electron chi connectivity index (χ0n) is 5.69. The van der Waals surface area contributed by atoms with Crippen LogP contribution in [0.1, 0.15) is 0 Å². The second-order valence-electron chi connectivity index (χ2n) is 1.83. The molecule has 1 rings (SSSR count). The Morgan fingerprint density at radius 3 is 3.00 bits per heavy atom. The molecule has 0 amide bonds. The summed E-state index contributed by atoms with van der Waals surface area (Å²) < 4.78 is 4.71. The van der Waals surface area contributed by atoms with Gasteiger partial charge < -0.3 is 4.74 Å². The maximum Gasteiger partial charge on any atom is 0.344 e. The largest absolute Gasteiger partial charge is 0.431 e. The molecule has 0 saturated carbocycles. The summed E-state index contributed by atoms with van der Waals surface area (Å²) in [4.78, 5) is 9.30. The number of nitrogens with zero attached hydrogens (tertiary/aromatic N) is 1. The van der Waals surface area contributed by atoms with Gasteiger partial charge in [-0.15, -0.1) is 0 Å². The molecule has 0 atom stereocenters. The molecule has 0 aliphatic rings. The Morgan fingerprint density at radius 2 is 2.45 bits per heavy atom. The number of hydrogen-bond donors (Lipinski definition) is 0. The van der Waals surface area contributed by atoms with E-state index in [-0.39, 0.29) is 0 Å². The highest BCUT2D eigenvalue weighted by atomic mass is 16.7. The van der Waals surface area contributed by atoms with Crippen LogP contribution in [0.4, 0.5) is 0 Å². The van der Waals surface area contributed by atoms with Crippen LogP contribution in [-0.2, 0) is 0 Å². The molecule has 0 saturated heterocycles. The highest BCUT2D eigenvalue weighted by molar-refractivity contribution is 5.18. The first-order valence-corrected chi connectivity index (χ1v) is 3.00. The lowest BCUT2D eigenvalue weighted by Gasteiger charge is -1.97. The summed E-state index contributed by atoms with van der Waals surface area (Å²) in [5, 5.41) is 9.84. The van der Waals surface area contributed by atoms with E-state index in [1.807, 2.05) is 0 Å². The maximum atomic E-state index is 9.84. The molecule has 0 N–H and O–H groups in total. The first kappa shape index (κ1) is 7.53. The average Bonchev–Trinajstić information content (AvgIpc) is 2.03. The van der Waals surface area contributed by atoms with Gasteiger partial charge in [-0.05, 0) is 6.07 Å². The fraction of sp³-hybridized carbons (Fsp3) is 0.143. The van der Waals surface area contributed by atoms with Crippen molar-refractivity contribution in [3.63, 3.8) is 0 Å². The van der Waals surface area contributed by atoms with Crippen molar-refractivity contribution in [2.24, 2.45) is 0 Å². The molecule has 0 fully saturated rings. The molecule has 4 heteroatoms. The highest BCUT2D eigenvalue weighted by Crippen LogP contribution is 2.06. The third-order valence-electron chi connectivity index (χ3n) is 1.01. The Morgan fingerprint density at radius 1 is 1.64 bits per heavy atom. The molecule has 1 aromatic carbocycles. The van der Waals surface area contributed by atoms with E-state index in [1.165, 1.54) is 0 Å². The van der Waals surface area contributed by atoms with Crippen molar-refractivity contribution in [3.8, 4) is 5.75 Å². The van der Waals surface area contributed by atoms with Gasteiger partial charge >= 0.3 is 6.73 Å². The van der Waals surface area contributed by atoms with Gasteiger partial charge in [0.1, 0.15) is 5.75 Å². The van der Waals surface area contributed by atoms with E-state index in [4.69, 9.17) is 4.74 Å². The number of para-hydroxylation sites is 1. The van der Waals surface area contributed by atoms with E-state index >= 15 is 0 Å². The highest BCUT2D eigenvalue weighted by Gasteiger charge is 1.96. The van der Waals surface area contributed by atoms with Crippen molar-refractivity contribution in [3.05, 3.63) is 40.4 Å². The van der Waals surface area contributed by atoms with Crippen LogP contribution in [0, 0.1) is 16.2 Å². The molecule has 0 aliphatic carbocycles. The molecule has 1 radical (unpaired) electrons. The fourth-order valence-electron chi connectivity index (χ4n) is 0.589. The van der Waals surface area contributed by atoms with E-state index in [2.05, 4.69) is 6.07 Å². The van der Waals surface area contributed by atoms with Crippen molar-refractivity contribution in [2.75, 3.05) is 6.73 Å². The van der Waals surface area contributed by atoms with Crippen LogP contribution >= 0.6 is 0 Å². The predicted octanol–water partition coefficient (Wildman–Crippen LogP) is 1.10. The predicted molar refractivity (Wildman–Crippen MR) is 37.8 cm³/mol. The van der Waals surface area contributed by atoms with Crippen molar-refractivity contribution in [1.29, 1.82) is 0 Å². The first-order chi connectivity index (χ1) is 5.29. The van der Waals surface area contributed by atoms with Crippen LogP contribution in [0.15, 0.2) is 24.3 Å². The Kier molecular flexibility index (Phi) is 2.43. The molecule has 57 valence electrons. The fourth-order valence-corrected chi connectivity index (χ4v) is 0.589. The summed E-state index contributed by atoms with van der Waals surface area (Å²) in [5.41, 5.74) is 0. The summed E-state index contributed by atoms with van der Waals surface area (Å²) in [6.07, 6.45) is 0. The van der Waals surface area contributed by atoms with Crippen LogP contribution < -0.4 is 4.74 Å². The molecule has 11 heavy (non-hydrogen) atoms. The molecule has 0 aromatic heterocycles. The van der Waals surface area contributed by atoms with Crippen LogP contribution in [0.5, 0.6) is 5.75 Å².